The maximum atomic E-state index is 12.9. The molecule has 1 aromatic rings. The van der Waals surface area contributed by atoms with Crippen molar-refractivity contribution in [3.8, 4) is 0 Å². The summed E-state index contributed by atoms with van der Waals surface area (Å²) in [5, 5.41) is 3.03. The van der Waals surface area contributed by atoms with Crippen LogP contribution in [0.1, 0.15) is 18.9 Å². The second kappa shape index (κ2) is 5.94. The monoisotopic (exact) mass is 322 g/mol. The molecule has 1 aromatic carbocycles. The van der Waals surface area contributed by atoms with Gasteiger partial charge in [-0.2, -0.15) is 13.2 Å². The van der Waals surface area contributed by atoms with Crippen molar-refractivity contribution in [1.82, 2.24) is 10.0 Å². The van der Waals surface area contributed by atoms with E-state index in [0.29, 0.717) is 6.54 Å². The van der Waals surface area contributed by atoms with Crippen molar-refractivity contribution in [3.63, 3.8) is 0 Å². The summed E-state index contributed by atoms with van der Waals surface area (Å²) in [6, 6.07) is 3.80. The average molecular weight is 322 g/mol. The van der Waals surface area contributed by atoms with Crippen LogP contribution in [0.3, 0.4) is 0 Å². The summed E-state index contributed by atoms with van der Waals surface area (Å²) in [7, 11) is -4.22. The number of sulfonamides is 1. The zero-order valence-corrected chi connectivity index (χ0v) is 12.3. The van der Waals surface area contributed by atoms with Crippen molar-refractivity contribution in [2.24, 2.45) is 5.92 Å². The van der Waals surface area contributed by atoms with Gasteiger partial charge < -0.3 is 5.32 Å². The molecule has 21 heavy (non-hydrogen) atoms. The van der Waals surface area contributed by atoms with Crippen LogP contribution in [0.4, 0.5) is 13.2 Å². The van der Waals surface area contributed by atoms with Crippen LogP contribution in [0, 0.1) is 5.92 Å². The van der Waals surface area contributed by atoms with Crippen LogP contribution in [0.5, 0.6) is 0 Å². The standard InChI is InChI=1S/C13H17F3N2O2S/c1-9-6-7-17-8-11(9)18-21(19,20)12-5-3-2-4-10(12)13(14,15)16/h2-5,9,11,17-18H,6-8H2,1H3/t9-,11-/m0/s1. The molecule has 1 aliphatic heterocycles. The molecule has 8 heteroatoms. The number of halogens is 3. The lowest BCUT2D eigenvalue weighted by Crippen LogP contribution is -2.50. The fourth-order valence-corrected chi connectivity index (χ4v) is 3.92. The van der Waals surface area contributed by atoms with Crippen LogP contribution in [0.15, 0.2) is 29.2 Å². The topological polar surface area (TPSA) is 58.2 Å². The SMILES string of the molecule is C[C@H]1CCNC[C@@H]1NS(=O)(=O)c1ccccc1C(F)(F)F. The molecule has 1 saturated heterocycles. The molecule has 1 fully saturated rings. The molecule has 2 atom stereocenters. The van der Waals surface area contributed by atoms with Gasteiger partial charge in [-0.05, 0) is 31.0 Å². The van der Waals surface area contributed by atoms with E-state index < -0.39 is 32.7 Å². The Morgan fingerprint density at radius 2 is 1.95 bits per heavy atom. The highest BCUT2D eigenvalue weighted by molar-refractivity contribution is 7.89. The average Bonchev–Trinajstić information content (AvgIpc) is 2.40. The van der Waals surface area contributed by atoms with Gasteiger partial charge >= 0.3 is 6.18 Å². The molecule has 0 spiro atoms. The number of hydrogen-bond donors (Lipinski definition) is 2. The van der Waals surface area contributed by atoms with E-state index >= 15 is 0 Å². The van der Waals surface area contributed by atoms with Gasteiger partial charge in [0.15, 0.2) is 0 Å². The van der Waals surface area contributed by atoms with Gasteiger partial charge in [0, 0.05) is 12.6 Å². The van der Waals surface area contributed by atoms with Gasteiger partial charge in [-0.3, -0.25) is 0 Å². The first-order valence-electron chi connectivity index (χ1n) is 6.61. The number of piperidine rings is 1. The van der Waals surface area contributed by atoms with Crippen molar-refractivity contribution < 1.29 is 21.6 Å². The van der Waals surface area contributed by atoms with Crippen LogP contribution >= 0.6 is 0 Å². The predicted octanol–water partition coefficient (Wildman–Crippen LogP) is 1.98. The number of nitrogens with one attached hydrogen (secondary N) is 2. The second-order valence-electron chi connectivity index (χ2n) is 5.19. The zero-order chi connectivity index (χ0) is 15.7. The van der Waals surface area contributed by atoms with E-state index in [1.807, 2.05) is 6.92 Å². The van der Waals surface area contributed by atoms with Gasteiger partial charge in [-0.25, -0.2) is 13.1 Å². The largest absolute Gasteiger partial charge is 0.417 e. The first-order chi connectivity index (χ1) is 9.72. The van der Waals surface area contributed by atoms with Crippen LogP contribution in [-0.2, 0) is 16.2 Å². The molecular weight excluding hydrogens is 305 g/mol. The summed E-state index contributed by atoms with van der Waals surface area (Å²) in [5.74, 6) is 0.0686. The zero-order valence-electron chi connectivity index (χ0n) is 11.4. The minimum absolute atomic E-state index is 0.0686. The summed E-state index contributed by atoms with van der Waals surface area (Å²) in [6.45, 7) is 3.07. The normalized spacial score (nSPS) is 24.0. The number of rotatable bonds is 3. The van der Waals surface area contributed by atoms with Gasteiger partial charge in [-0.1, -0.05) is 19.1 Å². The Bertz CT molecular complexity index is 602. The summed E-state index contributed by atoms with van der Waals surface area (Å²) < 4.78 is 65.7. The van der Waals surface area contributed by atoms with Crippen LogP contribution < -0.4 is 10.0 Å². The lowest BCUT2D eigenvalue weighted by atomic mass is 9.96. The first-order valence-corrected chi connectivity index (χ1v) is 8.09. The lowest BCUT2D eigenvalue weighted by Gasteiger charge is -2.30. The van der Waals surface area contributed by atoms with Crippen molar-refractivity contribution in [2.75, 3.05) is 13.1 Å². The van der Waals surface area contributed by atoms with Gasteiger partial charge in [0.25, 0.3) is 0 Å². The molecule has 1 aliphatic rings. The minimum Gasteiger partial charge on any atom is -0.315 e. The van der Waals surface area contributed by atoms with Crippen molar-refractivity contribution in [2.45, 2.75) is 30.5 Å². The molecule has 0 saturated carbocycles. The van der Waals surface area contributed by atoms with Gasteiger partial charge in [0.1, 0.15) is 0 Å². The molecule has 0 aromatic heterocycles. The smallest absolute Gasteiger partial charge is 0.315 e. The van der Waals surface area contributed by atoms with Crippen LogP contribution in [0.2, 0.25) is 0 Å². The number of benzene rings is 1. The third-order valence-corrected chi connectivity index (χ3v) is 5.16. The summed E-state index contributed by atoms with van der Waals surface area (Å²) >= 11 is 0. The molecule has 118 valence electrons. The molecule has 0 aliphatic carbocycles. The molecule has 0 amide bonds. The molecule has 4 nitrogen and oxygen atoms in total. The van der Waals surface area contributed by atoms with E-state index in [-0.39, 0.29) is 5.92 Å². The lowest BCUT2D eigenvalue weighted by molar-refractivity contribution is -0.139. The minimum atomic E-state index is -4.71. The molecule has 2 rings (SSSR count). The Balaban J connectivity index is 2.32. The maximum Gasteiger partial charge on any atom is 0.417 e. The quantitative estimate of drug-likeness (QED) is 0.895. The van der Waals surface area contributed by atoms with Crippen molar-refractivity contribution in [1.29, 1.82) is 0 Å². The number of hydrogen-bond acceptors (Lipinski definition) is 3. The Hall–Kier alpha value is -1.12. The Morgan fingerprint density at radius 1 is 1.29 bits per heavy atom. The van der Waals surface area contributed by atoms with Crippen LogP contribution in [-0.4, -0.2) is 27.5 Å². The summed E-state index contributed by atoms with van der Waals surface area (Å²) in [5.41, 5.74) is -1.14. The van der Waals surface area contributed by atoms with Crippen molar-refractivity contribution >= 4 is 10.0 Å². The number of alkyl halides is 3. The van der Waals surface area contributed by atoms with Crippen LogP contribution in [0.25, 0.3) is 0 Å². The molecular formula is C13H17F3N2O2S. The van der Waals surface area contributed by atoms with E-state index in [9.17, 15) is 21.6 Å². The predicted molar refractivity (Wildman–Crippen MR) is 72.2 cm³/mol. The van der Waals surface area contributed by atoms with Crippen molar-refractivity contribution in [3.05, 3.63) is 29.8 Å². The van der Waals surface area contributed by atoms with E-state index in [1.165, 1.54) is 12.1 Å². The Morgan fingerprint density at radius 3 is 2.57 bits per heavy atom. The summed E-state index contributed by atoms with van der Waals surface area (Å²) in [4.78, 5) is -0.727. The molecule has 0 radical (unpaired) electrons. The van der Waals surface area contributed by atoms with E-state index in [2.05, 4.69) is 10.0 Å². The van der Waals surface area contributed by atoms with Gasteiger partial charge in [-0.15, -0.1) is 0 Å². The Kier molecular flexibility index (Phi) is 4.60. The highest BCUT2D eigenvalue weighted by atomic mass is 32.2. The van der Waals surface area contributed by atoms with E-state index in [4.69, 9.17) is 0 Å². The second-order valence-corrected chi connectivity index (χ2v) is 6.87. The maximum absolute atomic E-state index is 12.9. The van der Waals surface area contributed by atoms with E-state index in [1.54, 1.807) is 0 Å². The fourth-order valence-electron chi connectivity index (χ4n) is 2.35. The van der Waals surface area contributed by atoms with E-state index in [0.717, 1.165) is 25.1 Å². The molecule has 2 N–H and O–H groups in total. The highest BCUT2D eigenvalue weighted by Gasteiger charge is 2.38. The molecule has 0 unspecified atom stereocenters. The first kappa shape index (κ1) is 16.3. The summed E-state index contributed by atoms with van der Waals surface area (Å²) in [6.07, 6.45) is -3.93. The highest BCUT2D eigenvalue weighted by Crippen LogP contribution is 2.34. The molecule has 1 heterocycles. The molecule has 0 bridgehead atoms. The fraction of sp³-hybridized carbons (Fsp3) is 0.538. The third-order valence-electron chi connectivity index (χ3n) is 3.62. The third kappa shape index (κ3) is 3.75. The van der Waals surface area contributed by atoms with Gasteiger partial charge in [0.05, 0.1) is 10.5 Å². The Labute approximate surface area is 121 Å². The van der Waals surface area contributed by atoms with Gasteiger partial charge in [0.2, 0.25) is 10.0 Å².